The number of amides is 1. The van der Waals surface area contributed by atoms with Gasteiger partial charge in [-0.3, -0.25) is 9.69 Å². The largest absolute Gasteiger partial charge is 0.375 e. The Kier molecular flexibility index (Phi) is 9.19. The van der Waals surface area contributed by atoms with Crippen molar-refractivity contribution >= 4 is 23.4 Å². The highest BCUT2D eigenvalue weighted by atomic mass is 32.2. The molecule has 1 aromatic carbocycles. The molecule has 0 bridgehead atoms. The first kappa shape index (κ1) is 20.1. The second-order valence-electron chi connectivity index (χ2n) is 6.77. The molecular weight excluding hydrogens is 330 g/mol. The summed E-state index contributed by atoms with van der Waals surface area (Å²) >= 11 is 2.04. The number of hydrogen-bond donors (Lipinski definition) is 1. The number of likely N-dealkylation sites (tertiary alicyclic amines) is 1. The Hall–Kier alpha value is -1.20. The Labute approximate surface area is 157 Å². The zero-order valence-electron chi connectivity index (χ0n) is 15.7. The second-order valence-corrected chi connectivity index (χ2v) is 8.35. The average molecular weight is 364 g/mol. The number of benzene rings is 1. The van der Waals surface area contributed by atoms with Gasteiger partial charge in [0.15, 0.2) is 0 Å². The summed E-state index contributed by atoms with van der Waals surface area (Å²) in [4.78, 5) is 16.8. The van der Waals surface area contributed by atoms with Gasteiger partial charge < -0.3 is 10.2 Å². The molecule has 1 atom stereocenters. The molecule has 1 heterocycles. The number of para-hydroxylation sites is 1. The van der Waals surface area contributed by atoms with Crippen molar-refractivity contribution in [2.24, 2.45) is 0 Å². The van der Waals surface area contributed by atoms with Crippen molar-refractivity contribution in [3.05, 3.63) is 30.3 Å². The van der Waals surface area contributed by atoms with Gasteiger partial charge in [-0.05, 0) is 43.7 Å². The van der Waals surface area contributed by atoms with E-state index in [1.807, 2.05) is 17.8 Å². The molecule has 1 N–H and O–H groups in total. The number of hydrogen-bond acceptors (Lipinski definition) is 4. The predicted molar refractivity (Wildman–Crippen MR) is 110 cm³/mol. The Morgan fingerprint density at radius 2 is 2.12 bits per heavy atom. The molecule has 2 rings (SSSR count). The van der Waals surface area contributed by atoms with Crippen molar-refractivity contribution in [1.82, 2.24) is 10.2 Å². The van der Waals surface area contributed by atoms with Crippen LogP contribution in [-0.2, 0) is 4.79 Å². The molecule has 1 fully saturated rings. The average Bonchev–Trinajstić information content (AvgIpc) is 2.84. The van der Waals surface area contributed by atoms with E-state index in [1.54, 1.807) is 0 Å². The zero-order chi connectivity index (χ0) is 17.9. The van der Waals surface area contributed by atoms with Crippen LogP contribution in [0.1, 0.15) is 32.6 Å². The topological polar surface area (TPSA) is 35.6 Å². The molecule has 0 aliphatic carbocycles. The molecule has 1 unspecified atom stereocenters. The summed E-state index contributed by atoms with van der Waals surface area (Å²) in [7, 11) is 2.10. The fourth-order valence-corrected chi connectivity index (χ4v) is 4.43. The maximum absolute atomic E-state index is 12.2. The third-order valence-electron chi connectivity index (χ3n) is 4.67. The number of rotatable bonds is 9. The fourth-order valence-electron chi connectivity index (χ4n) is 3.31. The van der Waals surface area contributed by atoms with Gasteiger partial charge in [0.2, 0.25) is 5.91 Å². The number of carbonyl (C=O) groups is 1. The lowest BCUT2D eigenvalue weighted by atomic mass is 10.2. The molecular formula is C20H33N3OS. The minimum Gasteiger partial charge on any atom is -0.375 e. The molecule has 1 aliphatic rings. The Balaban J connectivity index is 1.63. The van der Waals surface area contributed by atoms with Gasteiger partial charge in [0.05, 0.1) is 6.54 Å². The number of nitrogens with one attached hydrogen (secondary N) is 1. The van der Waals surface area contributed by atoms with Crippen LogP contribution in [0.15, 0.2) is 30.3 Å². The van der Waals surface area contributed by atoms with E-state index in [0.29, 0.717) is 11.8 Å². The minimum absolute atomic E-state index is 0.171. The molecule has 0 spiro atoms. The third-order valence-corrected chi connectivity index (χ3v) is 5.86. The highest BCUT2D eigenvalue weighted by molar-refractivity contribution is 7.99. The van der Waals surface area contributed by atoms with Gasteiger partial charge in [-0.2, -0.15) is 11.8 Å². The van der Waals surface area contributed by atoms with E-state index >= 15 is 0 Å². The summed E-state index contributed by atoms with van der Waals surface area (Å²) in [6.45, 7) is 6.59. The first-order valence-corrected chi connectivity index (χ1v) is 10.6. The van der Waals surface area contributed by atoms with Crippen molar-refractivity contribution in [3.8, 4) is 0 Å². The van der Waals surface area contributed by atoms with Gasteiger partial charge in [-0.15, -0.1) is 0 Å². The predicted octanol–water partition coefficient (Wildman–Crippen LogP) is 3.24. The van der Waals surface area contributed by atoms with Crippen LogP contribution in [0.2, 0.25) is 0 Å². The fraction of sp³-hybridized carbons (Fsp3) is 0.650. The summed E-state index contributed by atoms with van der Waals surface area (Å²) < 4.78 is 0. The molecule has 25 heavy (non-hydrogen) atoms. The molecule has 0 aromatic heterocycles. The molecule has 0 radical (unpaired) electrons. The maximum atomic E-state index is 12.2. The lowest BCUT2D eigenvalue weighted by Gasteiger charge is -2.23. The van der Waals surface area contributed by atoms with Crippen LogP contribution in [0.5, 0.6) is 0 Å². The standard InChI is InChI=1S/C20H33N3OS/c1-3-25-19-12-7-8-15-23(16-19)17-20(24)21-13-9-14-22(2)18-10-5-4-6-11-18/h4-6,10-11,19H,3,7-9,12-17H2,1-2H3,(H,21,24). The van der Waals surface area contributed by atoms with Crippen LogP contribution >= 0.6 is 11.8 Å². The first-order valence-electron chi connectivity index (χ1n) is 9.56. The number of carbonyl (C=O) groups excluding carboxylic acids is 1. The van der Waals surface area contributed by atoms with Crippen molar-refractivity contribution in [3.63, 3.8) is 0 Å². The van der Waals surface area contributed by atoms with Gasteiger partial charge >= 0.3 is 0 Å². The molecule has 1 aromatic rings. The van der Waals surface area contributed by atoms with E-state index < -0.39 is 0 Å². The lowest BCUT2D eigenvalue weighted by Crippen LogP contribution is -2.40. The van der Waals surface area contributed by atoms with Gasteiger partial charge in [-0.1, -0.05) is 31.5 Å². The van der Waals surface area contributed by atoms with Crippen LogP contribution in [0.25, 0.3) is 0 Å². The van der Waals surface area contributed by atoms with Crippen molar-refractivity contribution in [2.75, 3.05) is 50.4 Å². The Bertz CT molecular complexity index is 497. The highest BCUT2D eigenvalue weighted by Crippen LogP contribution is 2.21. The number of nitrogens with zero attached hydrogens (tertiary/aromatic N) is 2. The number of anilines is 1. The van der Waals surface area contributed by atoms with Gasteiger partial charge in [0.25, 0.3) is 0 Å². The summed E-state index contributed by atoms with van der Waals surface area (Å²) in [6.07, 6.45) is 4.77. The van der Waals surface area contributed by atoms with E-state index in [4.69, 9.17) is 0 Å². The smallest absolute Gasteiger partial charge is 0.234 e. The van der Waals surface area contributed by atoms with Crippen LogP contribution < -0.4 is 10.2 Å². The molecule has 4 nitrogen and oxygen atoms in total. The molecule has 5 heteroatoms. The van der Waals surface area contributed by atoms with E-state index in [2.05, 4.69) is 53.4 Å². The van der Waals surface area contributed by atoms with Crippen LogP contribution in [0.3, 0.4) is 0 Å². The Morgan fingerprint density at radius 3 is 2.88 bits per heavy atom. The maximum Gasteiger partial charge on any atom is 0.234 e. The Morgan fingerprint density at radius 1 is 1.32 bits per heavy atom. The highest BCUT2D eigenvalue weighted by Gasteiger charge is 2.19. The van der Waals surface area contributed by atoms with E-state index in [1.165, 1.54) is 30.7 Å². The van der Waals surface area contributed by atoms with Crippen molar-refractivity contribution < 1.29 is 4.79 Å². The molecule has 1 aliphatic heterocycles. The normalized spacial score (nSPS) is 18.6. The number of thioether (sulfide) groups is 1. The monoisotopic (exact) mass is 363 g/mol. The third kappa shape index (κ3) is 7.70. The molecule has 1 saturated heterocycles. The summed E-state index contributed by atoms with van der Waals surface area (Å²) in [5.41, 5.74) is 1.22. The molecule has 0 saturated carbocycles. The van der Waals surface area contributed by atoms with Gasteiger partial charge in [0.1, 0.15) is 0 Å². The van der Waals surface area contributed by atoms with Crippen LogP contribution in [-0.4, -0.2) is 61.6 Å². The minimum atomic E-state index is 0.171. The summed E-state index contributed by atoms with van der Waals surface area (Å²) in [5.74, 6) is 1.34. The van der Waals surface area contributed by atoms with Crippen molar-refractivity contribution in [2.45, 2.75) is 37.9 Å². The van der Waals surface area contributed by atoms with E-state index in [9.17, 15) is 4.79 Å². The van der Waals surface area contributed by atoms with E-state index in [-0.39, 0.29) is 5.91 Å². The second kappa shape index (κ2) is 11.4. The first-order chi connectivity index (χ1) is 12.2. The zero-order valence-corrected chi connectivity index (χ0v) is 16.6. The summed E-state index contributed by atoms with van der Waals surface area (Å²) in [6, 6.07) is 10.4. The van der Waals surface area contributed by atoms with Crippen LogP contribution in [0.4, 0.5) is 5.69 Å². The van der Waals surface area contributed by atoms with Crippen LogP contribution in [0, 0.1) is 0 Å². The van der Waals surface area contributed by atoms with E-state index in [0.717, 1.165) is 32.6 Å². The molecule has 1 amide bonds. The molecule has 140 valence electrons. The quantitative estimate of drug-likeness (QED) is 0.683. The van der Waals surface area contributed by atoms with Crippen molar-refractivity contribution in [1.29, 1.82) is 0 Å². The lowest BCUT2D eigenvalue weighted by molar-refractivity contribution is -0.122. The van der Waals surface area contributed by atoms with Gasteiger partial charge in [-0.25, -0.2) is 0 Å². The summed E-state index contributed by atoms with van der Waals surface area (Å²) in [5, 5.41) is 3.78. The SMILES string of the molecule is CCSC1CCCCN(CC(=O)NCCCN(C)c2ccccc2)C1. The van der Waals surface area contributed by atoms with Gasteiger partial charge in [0, 0.05) is 37.6 Å².